The smallest absolute Gasteiger partial charge is 0.224 e. The van der Waals surface area contributed by atoms with Crippen LogP contribution in [-0.4, -0.2) is 43.9 Å². The Morgan fingerprint density at radius 2 is 2.29 bits per heavy atom. The number of nitrogens with one attached hydrogen (secondary N) is 1. The van der Waals surface area contributed by atoms with Crippen LogP contribution in [0.25, 0.3) is 0 Å². The number of carbonyl (C=O) groups is 1. The molecule has 0 radical (unpaired) electrons. The molecule has 3 heterocycles. The molecule has 0 bridgehead atoms. The summed E-state index contributed by atoms with van der Waals surface area (Å²) in [5.74, 6) is 1.93. The molecular formula is C17H24N6O. The lowest BCUT2D eigenvalue weighted by atomic mass is 10.1. The number of nitrogens with zero attached hydrogens (tertiary/aromatic N) is 5. The van der Waals surface area contributed by atoms with Gasteiger partial charge >= 0.3 is 0 Å². The van der Waals surface area contributed by atoms with Gasteiger partial charge in [0.1, 0.15) is 11.6 Å². The molecule has 2 aromatic heterocycles. The number of rotatable bonds is 6. The fourth-order valence-electron chi connectivity index (χ4n) is 3.25. The normalized spacial score (nSPS) is 17.2. The summed E-state index contributed by atoms with van der Waals surface area (Å²) in [4.78, 5) is 27.8. The number of aryl methyl sites for hydroxylation is 2. The quantitative estimate of drug-likeness (QED) is 0.878. The first-order chi connectivity index (χ1) is 11.7. The van der Waals surface area contributed by atoms with Crippen molar-refractivity contribution in [2.24, 2.45) is 0 Å². The molecule has 2 aromatic rings. The third-order valence-electron chi connectivity index (χ3n) is 4.51. The third-order valence-corrected chi connectivity index (χ3v) is 4.51. The van der Waals surface area contributed by atoms with Crippen LogP contribution in [0.15, 0.2) is 24.8 Å². The molecule has 1 aliphatic rings. The molecule has 1 atom stereocenters. The molecule has 24 heavy (non-hydrogen) atoms. The van der Waals surface area contributed by atoms with Crippen LogP contribution in [0.3, 0.4) is 0 Å². The predicted molar refractivity (Wildman–Crippen MR) is 91.5 cm³/mol. The number of likely N-dealkylation sites (tertiary alicyclic amines) is 1. The molecule has 3 rings (SSSR count). The standard InChI is InChI=1S/C17H24N6O/c1-3-16-20-7-10-22(16)9-6-17(24)23-8-4-5-14(23)13-11-19-12-15(18-2)21-13/h7,10-12,14H,3-6,8-9H2,1-2H3,(H,18,21)/t14-/m1/s1. The van der Waals surface area contributed by atoms with Crippen molar-refractivity contribution in [3.63, 3.8) is 0 Å². The molecule has 1 N–H and O–H groups in total. The zero-order chi connectivity index (χ0) is 16.9. The number of hydrogen-bond donors (Lipinski definition) is 1. The Morgan fingerprint density at radius 1 is 1.42 bits per heavy atom. The van der Waals surface area contributed by atoms with Crippen molar-refractivity contribution < 1.29 is 4.79 Å². The van der Waals surface area contributed by atoms with Crippen LogP contribution in [0.5, 0.6) is 0 Å². The van der Waals surface area contributed by atoms with Gasteiger partial charge in [0, 0.05) is 45.4 Å². The summed E-state index contributed by atoms with van der Waals surface area (Å²) in [7, 11) is 1.82. The molecule has 1 amide bonds. The van der Waals surface area contributed by atoms with Crippen molar-refractivity contribution in [2.45, 2.75) is 45.2 Å². The minimum absolute atomic E-state index is 0.0340. The molecule has 0 aromatic carbocycles. The van der Waals surface area contributed by atoms with Crippen molar-refractivity contribution in [3.05, 3.63) is 36.3 Å². The lowest BCUT2D eigenvalue weighted by molar-refractivity contribution is -0.132. The lowest BCUT2D eigenvalue weighted by Crippen LogP contribution is -2.31. The first-order valence-corrected chi connectivity index (χ1v) is 8.52. The highest BCUT2D eigenvalue weighted by atomic mass is 16.2. The first-order valence-electron chi connectivity index (χ1n) is 8.52. The van der Waals surface area contributed by atoms with Gasteiger partial charge in [-0.15, -0.1) is 0 Å². The van der Waals surface area contributed by atoms with Gasteiger partial charge < -0.3 is 14.8 Å². The van der Waals surface area contributed by atoms with Gasteiger partial charge in [0.05, 0.1) is 24.1 Å². The van der Waals surface area contributed by atoms with Crippen molar-refractivity contribution in [1.29, 1.82) is 0 Å². The van der Waals surface area contributed by atoms with E-state index in [9.17, 15) is 4.79 Å². The van der Waals surface area contributed by atoms with Gasteiger partial charge in [0.25, 0.3) is 0 Å². The minimum Gasteiger partial charge on any atom is -0.372 e. The van der Waals surface area contributed by atoms with E-state index in [4.69, 9.17) is 0 Å². The number of amides is 1. The Kier molecular flexibility index (Phi) is 5.08. The fourth-order valence-corrected chi connectivity index (χ4v) is 3.25. The molecule has 0 unspecified atom stereocenters. The Hall–Kier alpha value is -2.44. The zero-order valence-electron chi connectivity index (χ0n) is 14.3. The van der Waals surface area contributed by atoms with Gasteiger partial charge in [0.2, 0.25) is 5.91 Å². The average molecular weight is 328 g/mol. The maximum absolute atomic E-state index is 12.7. The Labute approximate surface area is 142 Å². The maximum Gasteiger partial charge on any atom is 0.224 e. The number of aromatic nitrogens is 4. The number of anilines is 1. The highest BCUT2D eigenvalue weighted by Gasteiger charge is 2.31. The average Bonchev–Trinajstić information content (AvgIpc) is 3.28. The highest BCUT2D eigenvalue weighted by Crippen LogP contribution is 2.31. The Morgan fingerprint density at radius 3 is 3.08 bits per heavy atom. The number of carbonyl (C=O) groups excluding carboxylic acids is 1. The van der Waals surface area contributed by atoms with Gasteiger partial charge in [-0.3, -0.25) is 9.78 Å². The molecule has 128 valence electrons. The molecule has 1 saturated heterocycles. The van der Waals surface area contributed by atoms with E-state index in [0.29, 0.717) is 13.0 Å². The van der Waals surface area contributed by atoms with E-state index in [1.54, 1.807) is 18.6 Å². The molecule has 7 nitrogen and oxygen atoms in total. The largest absolute Gasteiger partial charge is 0.372 e. The molecule has 0 aliphatic carbocycles. The van der Waals surface area contributed by atoms with Gasteiger partial charge in [-0.05, 0) is 12.8 Å². The second kappa shape index (κ2) is 7.42. The minimum atomic E-state index is 0.0340. The molecule has 1 aliphatic heterocycles. The first kappa shape index (κ1) is 16.4. The van der Waals surface area contributed by atoms with Crippen LogP contribution < -0.4 is 5.32 Å². The monoisotopic (exact) mass is 328 g/mol. The fraction of sp³-hybridized carbons (Fsp3) is 0.529. The van der Waals surface area contributed by atoms with Crippen LogP contribution in [0.2, 0.25) is 0 Å². The van der Waals surface area contributed by atoms with E-state index < -0.39 is 0 Å². The SMILES string of the molecule is CCc1nccn1CCC(=O)N1CCC[C@@H]1c1cncc(NC)n1. The topological polar surface area (TPSA) is 75.9 Å². The summed E-state index contributed by atoms with van der Waals surface area (Å²) in [5.41, 5.74) is 0.865. The van der Waals surface area contributed by atoms with E-state index in [1.165, 1.54) is 0 Å². The number of imidazole rings is 1. The van der Waals surface area contributed by atoms with Crippen LogP contribution in [-0.2, 0) is 17.8 Å². The van der Waals surface area contributed by atoms with Crippen LogP contribution in [0.1, 0.15) is 43.7 Å². The van der Waals surface area contributed by atoms with E-state index >= 15 is 0 Å². The molecule has 0 spiro atoms. The Balaban J connectivity index is 1.67. The summed E-state index contributed by atoms with van der Waals surface area (Å²) >= 11 is 0. The van der Waals surface area contributed by atoms with E-state index in [-0.39, 0.29) is 11.9 Å². The van der Waals surface area contributed by atoms with Crippen LogP contribution in [0, 0.1) is 0 Å². The van der Waals surface area contributed by atoms with E-state index in [2.05, 4.69) is 31.8 Å². The van der Waals surface area contributed by atoms with Gasteiger partial charge in [0.15, 0.2) is 0 Å². The van der Waals surface area contributed by atoms with Crippen molar-refractivity contribution in [2.75, 3.05) is 18.9 Å². The van der Waals surface area contributed by atoms with Crippen molar-refractivity contribution in [1.82, 2.24) is 24.4 Å². The van der Waals surface area contributed by atoms with E-state index in [1.807, 2.05) is 18.1 Å². The van der Waals surface area contributed by atoms with Gasteiger partial charge in [-0.1, -0.05) is 6.92 Å². The third kappa shape index (κ3) is 3.39. The maximum atomic E-state index is 12.7. The van der Waals surface area contributed by atoms with Crippen molar-refractivity contribution in [3.8, 4) is 0 Å². The van der Waals surface area contributed by atoms with Gasteiger partial charge in [-0.25, -0.2) is 9.97 Å². The number of hydrogen-bond acceptors (Lipinski definition) is 5. The predicted octanol–water partition coefficient (Wildman–Crippen LogP) is 2.03. The van der Waals surface area contributed by atoms with E-state index in [0.717, 1.165) is 43.1 Å². The van der Waals surface area contributed by atoms with Crippen LogP contribution in [0.4, 0.5) is 5.82 Å². The summed E-state index contributed by atoms with van der Waals surface area (Å²) in [6, 6.07) is 0.0340. The summed E-state index contributed by atoms with van der Waals surface area (Å²) < 4.78 is 2.06. The molecule has 0 saturated carbocycles. The second-order valence-electron chi connectivity index (χ2n) is 5.96. The summed E-state index contributed by atoms with van der Waals surface area (Å²) in [6.07, 6.45) is 10.5. The van der Waals surface area contributed by atoms with Crippen molar-refractivity contribution >= 4 is 11.7 Å². The molecule has 1 fully saturated rings. The zero-order valence-corrected chi connectivity index (χ0v) is 14.3. The summed E-state index contributed by atoms with van der Waals surface area (Å²) in [5, 5.41) is 3.00. The molecule has 7 heteroatoms. The molecular weight excluding hydrogens is 304 g/mol. The highest BCUT2D eigenvalue weighted by molar-refractivity contribution is 5.77. The van der Waals surface area contributed by atoms with Gasteiger partial charge in [-0.2, -0.15) is 0 Å². The Bertz CT molecular complexity index is 698. The summed E-state index contributed by atoms with van der Waals surface area (Å²) in [6.45, 7) is 3.54. The second-order valence-corrected chi connectivity index (χ2v) is 5.96. The van der Waals surface area contributed by atoms with Crippen LogP contribution >= 0.6 is 0 Å². The lowest BCUT2D eigenvalue weighted by Gasteiger charge is -2.24.